The van der Waals surface area contributed by atoms with Crippen molar-refractivity contribution in [2.24, 2.45) is 0 Å². The number of hydrogen-bond acceptors (Lipinski definition) is 3. The molecule has 2 bridgehead atoms. The van der Waals surface area contributed by atoms with Gasteiger partial charge in [0, 0.05) is 5.69 Å². The molecule has 4 nitrogen and oxygen atoms in total. The van der Waals surface area contributed by atoms with E-state index in [1.165, 1.54) is 18.5 Å². The van der Waals surface area contributed by atoms with Gasteiger partial charge in [-0.15, -0.1) is 0 Å². The molecular formula is C14H17NO3. The van der Waals surface area contributed by atoms with Crippen molar-refractivity contribution in [1.29, 1.82) is 0 Å². The molecule has 4 heteroatoms. The maximum atomic E-state index is 10.6. The molecule has 96 valence electrons. The third kappa shape index (κ3) is 2.08. The third-order valence-electron chi connectivity index (χ3n) is 3.83. The summed E-state index contributed by atoms with van der Waals surface area (Å²) in [5.41, 5.74) is 2.05. The van der Waals surface area contributed by atoms with Crippen molar-refractivity contribution in [3.05, 3.63) is 29.8 Å². The number of nitrogens with zero attached hydrogens (tertiary/aromatic N) is 1. The van der Waals surface area contributed by atoms with Crippen molar-refractivity contribution < 1.29 is 14.6 Å². The predicted molar refractivity (Wildman–Crippen MR) is 67.9 cm³/mol. The van der Waals surface area contributed by atoms with Gasteiger partial charge in [-0.05, 0) is 30.5 Å². The number of anilines is 1. The number of carbonyl (C=O) groups is 1. The summed E-state index contributed by atoms with van der Waals surface area (Å²) in [6.45, 7) is 1.63. The van der Waals surface area contributed by atoms with Crippen molar-refractivity contribution in [2.45, 2.75) is 31.3 Å². The normalized spacial score (nSPS) is 26.3. The average molecular weight is 247 g/mol. The molecule has 0 amide bonds. The highest BCUT2D eigenvalue weighted by Gasteiger charge is 2.37. The number of carboxylic acid groups (broad SMARTS) is 1. The van der Waals surface area contributed by atoms with Crippen LogP contribution in [0.4, 0.5) is 5.69 Å². The van der Waals surface area contributed by atoms with E-state index in [2.05, 4.69) is 4.90 Å². The monoisotopic (exact) mass is 247 g/mol. The Kier molecular flexibility index (Phi) is 2.96. The fraction of sp³-hybridized carbons (Fsp3) is 0.500. The average Bonchev–Trinajstić information content (AvgIpc) is 2.60. The van der Waals surface area contributed by atoms with Crippen LogP contribution in [0.25, 0.3) is 0 Å². The Bertz CT molecular complexity index is 427. The zero-order valence-electron chi connectivity index (χ0n) is 10.2. The van der Waals surface area contributed by atoms with Crippen LogP contribution >= 0.6 is 0 Å². The first kappa shape index (κ1) is 11.5. The van der Waals surface area contributed by atoms with Crippen LogP contribution in [0.3, 0.4) is 0 Å². The van der Waals surface area contributed by atoms with Crippen molar-refractivity contribution in [3.63, 3.8) is 0 Å². The van der Waals surface area contributed by atoms with E-state index in [0.29, 0.717) is 12.1 Å². The summed E-state index contributed by atoms with van der Waals surface area (Å²) in [5, 5.41) is 8.75. The lowest BCUT2D eigenvalue weighted by Crippen LogP contribution is -2.45. The highest BCUT2D eigenvalue weighted by atomic mass is 16.5. The predicted octanol–water partition coefficient (Wildman–Crippen LogP) is 1.68. The lowest BCUT2D eigenvalue weighted by molar-refractivity contribution is -0.136. The first-order valence-electron chi connectivity index (χ1n) is 6.41. The molecule has 2 fully saturated rings. The first-order valence-corrected chi connectivity index (χ1v) is 6.41. The van der Waals surface area contributed by atoms with Gasteiger partial charge in [0.1, 0.15) is 0 Å². The van der Waals surface area contributed by atoms with Gasteiger partial charge >= 0.3 is 5.97 Å². The second-order valence-electron chi connectivity index (χ2n) is 5.07. The Hall–Kier alpha value is -1.55. The second-order valence-corrected chi connectivity index (χ2v) is 5.07. The number of fused-ring (bicyclic) bond motifs is 2. The molecule has 2 aliphatic rings. The van der Waals surface area contributed by atoms with Crippen LogP contribution in [0, 0.1) is 0 Å². The Morgan fingerprint density at radius 1 is 1.22 bits per heavy atom. The van der Waals surface area contributed by atoms with Gasteiger partial charge in [-0.3, -0.25) is 4.79 Å². The molecule has 0 aromatic heterocycles. The van der Waals surface area contributed by atoms with Crippen LogP contribution < -0.4 is 4.90 Å². The van der Waals surface area contributed by atoms with Gasteiger partial charge in [-0.2, -0.15) is 0 Å². The highest BCUT2D eigenvalue weighted by molar-refractivity contribution is 5.70. The Morgan fingerprint density at radius 3 is 2.39 bits per heavy atom. The zero-order valence-corrected chi connectivity index (χ0v) is 10.2. The number of benzene rings is 1. The summed E-state index contributed by atoms with van der Waals surface area (Å²) >= 11 is 0. The number of ether oxygens (including phenoxy) is 1. The van der Waals surface area contributed by atoms with Crippen LogP contribution in [-0.2, 0) is 16.0 Å². The molecule has 1 aromatic carbocycles. The van der Waals surface area contributed by atoms with Crippen molar-refractivity contribution in [3.8, 4) is 0 Å². The van der Waals surface area contributed by atoms with Crippen LogP contribution in [0.2, 0.25) is 0 Å². The number of carboxylic acids is 1. The lowest BCUT2D eigenvalue weighted by Gasteiger charge is -2.36. The third-order valence-corrected chi connectivity index (χ3v) is 3.83. The maximum absolute atomic E-state index is 10.6. The molecule has 2 saturated heterocycles. The van der Waals surface area contributed by atoms with Gasteiger partial charge in [-0.1, -0.05) is 12.1 Å². The fourth-order valence-electron chi connectivity index (χ4n) is 3.01. The van der Waals surface area contributed by atoms with E-state index in [9.17, 15) is 4.79 Å². The smallest absolute Gasteiger partial charge is 0.307 e. The molecule has 0 spiro atoms. The molecule has 0 radical (unpaired) electrons. The molecule has 3 rings (SSSR count). The van der Waals surface area contributed by atoms with Gasteiger partial charge in [0.05, 0.1) is 31.7 Å². The minimum atomic E-state index is -0.783. The molecule has 2 atom stereocenters. The number of hydrogen-bond donors (Lipinski definition) is 1. The SMILES string of the molecule is O=C(O)Cc1ccc(N2C3CCC2COC3)cc1. The molecule has 2 aliphatic heterocycles. The molecule has 18 heavy (non-hydrogen) atoms. The molecule has 0 aliphatic carbocycles. The molecule has 2 unspecified atom stereocenters. The van der Waals surface area contributed by atoms with Crippen LogP contribution in [-0.4, -0.2) is 36.4 Å². The molecule has 1 aromatic rings. The summed E-state index contributed by atoms with van der Waals surface area (Å²) < 4.78 is 5.57. The topological polar surface area (TPSA) is 49.8 Å². The van der Waals surface area contributed by atoms with Gasteiger partial charge in [0.2, 0.25) is 0 Å². The number of rotatable bonds is 3. The van der Waals surface area contributed by atoms with Gasteiger partial charge in [0.15, 0.2) is 0 Å². The molecule has 2 heterocycles. The van der Waals surface area contributed by atoms with Crippen LogP contribution in [0.1, 0.15) is 18.4 Å². The summed E-state index contributed by atoms with van der Waals surface area (Å²) in [4.78, 5) is 13.1. The summed E-state index contributed by atoms with van der Waals surface area (Å²) in [7, 11) is 0. The molecule has 0 saturated carbocycles. The quantitative estimate of drug-likeness (QED) is 0.883. The minimum Gasteiger partial charge on any atom is -0.481 e. The van der Waals surface area contributed by atoms with E-state index in [-0.39, 0.29) is 6.42 Å². The Morgan fingerprint density at radius 2 is 1.83 bits per heavy atom. The zero-order chi connectivity index (χ0) is 12.5. The molecule has 1 N–H and O–H groups in total. The van der Waals surface area contributed by atoms with Crippen molar-refractivity contribution >= 4 is 11.7 Å². The van der Waals surface area contributed by atoms with E-state index in [1.54, 1.807) is 0 Å². The maximum Gasteiger partial charge on any atom is 0.307 e. The van der Waals surface area contributed by atoms with E-state index >= 15 is 0 Å². The molecular weight excluding hydrogens is 230 g/mol. The summed E-state index contributed by atoms with van der Waals surface area (Å²) in [6.07, 6.45) is 2.49. The highest BCUT2D eigenvalue weighted by Crippen LogP contribution is 2.33. The van der Waals surface area contributed by atoms with E-state index in [1.807, 2.05) is 24.3 Å². The second kappa shape index (κ2) is 4.61. The standard InChI is InChI=1S/C14H17NO3/c16-14(17)7-10-1-3-11(4-2-10)15-12-5-6-13(15)9-18-8-12/h1-4,12-13H,5-9H2,(H,16,17). The van der Waals surface area contributed by atoms with E-state index in [0.717, 1.165) is 18.8 Å². The Labute approximate surface area is 106 Å². The first-order chi connectivity index (χ1) is 8.74. The minimum absolute atomic E-state index is 0.0935. The van der Waals surface area contributed by atoms with Gasteiger partial charge < -0.3 is 14.7 Å². The largest absolute Gasteiger partial charge is 0.481 e. The lowest BCUT2D eigenvalue weighted by atomic mass is 10.1. The van der Waals surface area contributed by atoms with Crippen LogP contribution in [0.5, 0.6) is 0 Å². The van der Waals surface area contributed by atoms with E-state index < -0.39 is 5.97 Å². The van der Waals surface area contributed by atoms with Crippen molar-refractivity contribution in [1.82, 2.24) is 0 Å². The van der Waals surface area contributed by atoms with Gasteiger partial charge in [-0.25, -0.2) is 0 Å². The summed E-state index contributed by atoms with van der Waals surface area (Å²) in [5.74, 6) is -0.783. The number of aliphatic carboxylic acids is 1. The fourth-order valence-corrected chi connectivity index (χ4v) is 3.01. The summed E-state index contributed by atoms with van der Waals surface area (Å²) in [6, 6.07) is 8.89. The van der Waals surface area contributed by atoms with Gasteiger partial charge in [0.25, 0.3) is 0 Å². The van der Waals surface area contributed by atoms with E-state index in [4.69, 9.17) is 9.84 Å². The van der Waals surface area contributed by atoms with Crippen LogP contribution in [0.15, 0.2) is 24.3 Å². The van der Waals surface area contributed by atoms with Crippen molar-refractivity contribution in [2.75, 3.05) is 18.1 Å². The number of morpholine rings is 1. The Balaban J connectivity index is 1.78.